The molecule has 0 spiro atoms. The van der Waals surface area contributed by atoms with Crippen LogP contribution in [0.4, 0.5) is 11.6 Å². The summed E-state index contributed by atoms with van der Waals surface area (Å²) in [5.74, 6) is 0.919. The Hall–Kier alpha value is -2.86. The van der Waals surface area contributed by atoms with Gasteiger partial charge in [0.05, 0.1) is 18.4 Å². The predicted octanol–water partition coefficient (Wildman–Crippen LogP) is 3.90. The van der Waals surface area contributed by atoms with E-state index in [0.29, 0.717) is 28.8 Å². The SMILES string of the molecule is Cc1cc(Cl)ccc1NC(=O)c1cnc(NCc2ccco2)nc1. The van der Waals surface area contributed by atoms with Crippen LogP contribution in [0, 0.1) is 6.92 Å². The highest BCUT2D eigenvalue weighted by molar-refractivity contribution is 6.30. The van der Waals surface area contributed by atoms with E-state index in [1.165, 1.54) is 12.4 Å². The number of hydrogen-bond acceptors (Lipinski definition) is 5. The van der Waals surface area contributed by atoms with Crippen molar-refractivity contribution < 1.29 is 9.21 Å². The average molecular weight is 343 g/mol. The van der Waals surface area contributed by atoms with Gasteiger partial charge in [0, 0.05) is 23.1 Å². The molecule has 122 valence electrons. The summed E-state index contributed by atoms with van der Waals surface area (Å²) >= 11 is 5.91. The Kier molecular flexibility index (Phi) is 4.77. The number of nitrogens with one attached hydrogen (secondary N) is 2. The number of carbonyl (C=O) groups is 1. The Balaban J connectivity index is 1.63. The number of hydrogen-bond donors (Lipinski definition) is 2. The van der Waals surface area contributed by atoms with Crippen molar-refractivity contribution in [2.45, 2.75) is 13.5 Å². The number of rotatable bonds is 5. The third kappa shape index (κ3) is 3.91. The van der Waals surface area contributed by atoms with E-state index in [2.05, 4.69) is 20.6 Å². The fourth-order valence-electron chi connectivity index (χ4n) is 2.08. The van der Waals surface area contributed by atoms with Gasteiger partial charge in [-0.25, -0.2) is 9.97 Å². The Morgan fingerprint density at radius 2 is 2.04 bits per heavy atom. The van der Waals surface area contributed by atoms with Crippen molar-refractivity contribution in [2.75, 3.05) is 10.6 Å². The molecule has 0 aliphatic carbocycles. The minimum absolute atomic E-state index is 0.280. The van der Waals surface area contributed by atoms with Crippen LogP contribution in [-0.2, 0) is 6.54 Å². The van der Waals surface area contributed by atoms with Crippen LogP contribution in [-0.4, -0.2) is 15.9 Å². The zero-order valence-electron chi connectivity index (χ0n) is 12.9. The first-order valence-electron chi connectivity index (χ1n) is 7.27. The molecule has 0 radical (unpaired) electrons. The van der Waals surface area contributed by atoms with Gasteiger partial charge >= 0.3 is 0 Å². The molecule has 1 amide bonds. The molecule has 0 saturated heterocycles. The maximum atomic E-state index is 12.2. The second kappa shape index (κ2) is 7.14. The summed E-state index contributed by atoms with van der Waals surface area (Å²) in [6, 6.07) is 8.93. The van der Waals surface area contributed by atoms with Crippen LogP contribution >= 0.6 is 11.6 Å². The predicted molar refractivity (Wildman–Crippen MR) is 92.2 cm³/mol. The molecule has 2 aromatic heterocycles. The van der Waals surface area contributed by atoms with Crippen LogP contribution in [0.3, 0.4) is 0 Å². The zero-order valence-corrected chi connectivity index (χ0v) is 13.7. The summed E-state index contributed by atoms with van der Waals surface area (Å²) in [5.41, 5.74) is 1.95. The number of benzene rings is 1. The molecule has 0 atom stereocenters. The van der Waals surface area contributed by atoms with E-state index in [-0.39, 0.29) is 5.91 Å². The van der Waals surface area contributed by atoms with E-state index >= 15 is 0 Å². The van der Waals surface area contributed by atoms with Gasteiger partial charge in [0.15, 0.2) is 0 Å². The molecule has 24 heavy (non-hydrogen) atoms. The standard InChI is InChI=1S/C17H15ClN4O2/c1-11-7-13(18)4-5-15(11)22-16(23)12-8-19-17(20-9-12)21-10-14-3-2-6-24-14/h2-9H,10H2,1H3,(H,22,23)(H,19,20,21). The van der Waals surface area contributed by atoms with Gasteiger partial charge in [-0.2, -0.15) is 0 Å². The number of aromatic nitrogens is 2. The molecule has 0 aliphatic heterocycles. The quantitative estimate of drug-likeness (QED) is 0.735. The summed E-state index contributed by atoms with van der Waals surface area (Å²) in [4.78, 5) is 20.5. The van der Waals surface area contributed by atoms with E-state index in [9.17, 15) is 4.79 Å². The van der Waals surface area contributed by atoms with Gasteiger partial charge in [-0.3, -0.25) is 4.79 Å². The van der Waals surface area contributed by atoms with Crippen molar-refractivity contribution in [3.05, 3.63) is 70.9 Å². The zero-order chi connectivity index (χ0) is 16.9. The highest BCUT2D eigenvalue weighted by Crippen LogP contribution is 2.20. The van der Waals surface area contributed by atoms with Crippen molar-refractivity contribution in [2.24, 2.45) is 0 Å². The number of halogens is 1. The molecular formula is C17H15ClN4O2. The molecule has 1 aromatic carbocycles. The van der Waals surface area contributed by atoms with Gasteiger partial charge in [-0.15, -0.1) is 0 Å². The number of aryl methyl sites for hydroxylation is 1. The van der Waals surface area contributed by atoms with E-state index < -0.39 is 0 Å². The summed E-state index contributed by atoms with van der Waals surface area (Å²) in [5, 5.41) is 6.46. The highest BCUT2D eigenvalue weighted by Gasteiger charge is 2.09. The van der Waals surface area contributed by atoms with Crippen molar-refractivity contribution in [3.63, 3.8) is 0 Å². The average Bonchev–Trinajstić information content (AvgIpc) is 3.09. The van der Waals surface area contributed by atoms with Crippen molar-refractivity contribution >= 4 is 29.1 Å². The van der Waals surface area contributed by atoms with E-state index in [1.54, 1.807) is 24.5 Å². The molecular weight excluding hydrogens is 328 g/mol. The molecule has 3 rings (SSSR count). The van der Waals surface area contributed by atoms with Crippen molar-refractivity contribution in [1.82, 2.24) is 9.97 Å². The summed E-state index contributed by atoms with van der Waals surface area (Å²) < 4.78 is 5.21. The number of nitrogens with zero attached hydrogens (tertiary/aromatic N) is 2. The molecule has 0 bridgehead atoms. The van der Waals surface area contributed by atoms with Crippen LogP contribution in [0.1, 0.15) is 21.7 Å². The Bertz CT molecular complexity index is 832. The van der Waals surface area contributed by atoms with E-state index in [4.69, 9.17) is 16.0 Å². The van der Waals surface area contributed by atoms with Crippen LogP contribution < -0.4 is 10.6 Å². The Morgan fingerprint density at radius 1 is 1.25 bits per heavy atom. The molecule has 3 aromatic rings. The molecule has 0 saturated carbocycles. The lowest BCUT2D eigenvalue weighted by atomic mass is 10.2. The van der Waals surface area contributed by atoms with Crippen LogP contribution in [0.15, 0.2) is 53.4 Å². The lowest BCUT2D eigenvalue weighted by Crippen LogP contribution is -2.14. The van der Waals surface area contributed by atoms with Crippen LogP contribution in [0.2, 0.25) is 5.02 Å². The van der Waals surface area contributed by atoms with E-state index in [0.717, 1.165) is 11.3 Å². The smallest absolute Gasteiger partial charge is 0.258 e. The molecule has 2 heterocycles. The van der Waals surface area contributed by atoms with Gasteiger partial charge in [0.2, 0.25) is 5.95 Å². The molecule has 0 aliphatic rings. The maximum Gasteiger partial charge on any atom is 0.258 e. The Morgan fingerprint density at radius 3 is 2.71 bits per heavy atom. The first kappa shape index (κ1) is 16.0. The first-order chi connectivity index (χ1) is 11.6. The monoisotopic (exact) mass is 342 g/mol. The van der Waals surface area contributed by atoms with Gasteiger partial charge in [-0.1, -0.05) is 11.6 Å². The lowest BCUT2D eigenvalue weighted by molar-refractivity contribution is 0.102. The fourth-order valence-corrected chi connectivity index (χ4v) is 2.30. The van der Waals surface area contributed by atoms with Gasteiger partial charge < -0.3 is 15.1 Å². The van der Waals surface area contributed by atoms with Crippen molar-refractivity contribution in [1.29, 1.82) is 0 Å². The fraction of sp³-hybridized carbons (Fsp3) is 0.118. The second-order valence-corrected chi connectivity index (χ2v) is 5.58. The first-order valence-corrected chi connectivity index (χ1v) is 7.65. The second-order valence-electron chi connectivity index (χ2n) is 5.14. The minimum Gasteiger partial charge on any atom is -0.467 e. The molecule has 6 nitrogen and oxygen atoms in total. The van der Waals surface area contributed by atoms with Crippen LogP contribution in [0.5, 0.6) is 0 Å². The summed E-state index contributed by atoms with van der Waals surface area (Å²) in [6.07, 6.45) is 4.54. The number of carbonyl (C=O) groups excluding carboxylic acids is 1. The number of furan rings is 1. The molecule has 0 unspecified atom stereocenters. The maximum absolute atomic E-state index is 12.2. The molecule has 0 fully saturated rings. The molecule has 7 heteroatoms. The largest absolute Gasteiger partial charge is 0.467 e. The van der Waals surface area contributed by atoms with E-state index in [1.807, 2.05) is 19.1 Å². The summed E-state index contributed by atoms with van der Waals surface area (Å²) in [6.45, 7) is 2.35. The van der Waals surface area contributed by atoms with Crippen molar-refractivity contribution in [3.8, 4) is 0 Å². The lowest BCUT2D eigenvalue weighted by Gasteiger charge is -2.09. The Labute approximate surface area is 143 Å². The molecule has 2 N–H and O–H groups in total. The third-order valence-corrected chi connectivity index (χ3v) is 3.59. The topological polar surface area (TPSA) is 80.0 Å². The number of anilines is 2. The highest BCUT2D eigenvalue weighted by atomic mass is 35.5. The third-order valence-electron chi connectivity index (χ3n) is 3.35. The van der Waals surface area contributed by atoms with Gasteiger partial charge in [0.1, 0.15) is 5.76 Å². The normalized spacial score (nSPS) is 10.4. The summed E-state index contributed by atoms with van der Waals surface area (Å²) in [7, 11) is 0. The van der Waals surface area contributed by atoms with Gasteiger partial charge in [0.25, 0.3) is 5.91 Å². The number of amides is 1. The van der Waals surface area contributed by atoms with Crippen LogP contribution in [0.25, 0.3) is 0 Å². The van der Waals surface area contributed by atoms with Gasteiger partial charge in [-0.05, 0) is 42.8 Å². The minimum atomic E-state index is -0.280.